The van der Waals surface area contributed by atoms with Crippen molar-refractivity contribution in [2.45, 2.75) is 12.5 Å². The van der Waals surface area contributed by atoms with E-state index in [1.165, 1.54) is 0 Å². The highest BCUT2D eigenvalue weighted by atomic mass is 16.5. The lowest BCUT2D eigenvalue weighted by molar-refractivity contribution is 0.0904. The minimum atomic E-state index is 0.170. The molecule has 0 aliphatic carbocycles. The summed E-state index contributed by atoms with van der Waals surface area (Å²) >= 11 is 0. The molecule has 1 saturated heterocycles. The van der Waals surface area contributed by atoms with Crippen LogP contribution in [0.1, 0.15) is 18.1 Å². The highest BCUT2D eigenvalue weighted by molar-refractivity contribution is 5.10. The molecule has 0 amide bonds. The summed E-state index contributed by atoms with van der Waals surface area (Å²) in [5.41, 5.74) is 1.09. The summed E-state index contributed by atoms with van der Waals surface area (Å²) in [6.45, 7) is 1.82. The number of nitrogens with one attached hydrogen (secondary N) is 1. The molecular weight excluding hydrogens is 178 g/mol. The van der Waals surface area contributed by atoms with Gasteiger partial charge in [-0.1, -0.05) is 0 Å². The van der Waals surface area contributed by atoms with E-state index >= 15 is 0 Å². The van der Waals surface area contributed by atoms with Crippen molar-refractivity contribution < 1.29 is 4.74 Å². The molecule has 1 aromatic rings. The Morgan fingerprint density at radius 2 is 2.29 bits per heavy atom. The molecule has 1 fully saturated rings. The molecule has 4 nitrogen and oxygen atoms in total. The molecule has 0 spiro atoms. The molecule has 76 valence electrons. The van der Waals surface area contributed by atoms with Gasteiger partial charge in [0.1, 0.15) is 6.33 Å². The van der Waals surface area contributed by atoms with Gasteiger partial charge in [0.25, 0.3) is 0 Å². The second kappa shape index (κ2) is 4.48. The second-order valence-electron chi connectivity index (χ2n) is 3.57. The summed E-state index contributed by atoms with van der Waals surface area (Å²) in [7, 11) is 1.97. The van der Waals surface area contributed by atoms with E-state index in [4.69, 9.17) is 4.74 Å². The van der Waals surface area contributed by atoms with E-state index in [2.05, 4.69) is 15.3 Å². The fraction of sp³-hybridized carbons (Fsp3) is 0.600. The molecule has 0 aromatic carbocycles. The Balaban J connectivity index is 2.10. The monoisotopic (exact) mass is 193 g/mol. The summed E-state index contributed by atoms with van der Waals surface area (Å²) in [5, 5.41) is 3.19. The zero-order valence-electron chi connectivity index (χ0n) is 8.31. The molecule has 2 atom stereocenters. The molecule has 1 aliphatic rings. The quantitative estimate of drug-likeness (QED) is 0.770. The number of nitrogens with zero attached hydrogens (tertiary/aromatic N) is 2. The first kappa shape index (κ1) is 9.55. The van der Waals surface area contributed by atoms with Gasteiger partial charge < -0.3 is 10.1 Å². The van der Waals surface area contributed by atoms with E-state index in [0.29, 0.717) is 5.92 Å². The number of hydrogen-bond acceptors (Lipinski definition) is 4. The normalized spacial score (nSPS) is 26.6. The number of rotatable bonds is 3. The summed E-state index contributed by atoms with van der Waals surface area (Å²) < 4.78 is 5.68. The lowest BCUT2D eigenvalue weighted by Gasteiger charge is -2.17. The maximum Gasteiger partial charge on any atom is 0.115 e. The third-order valence-corrected chi connectivity index (χ3v) is 2.59. The Morgan fingerprint density at radius 1 is 1.50 bits per heavy atom. The van der Waals surface area contributed by atoms with Crippen molar-refractivity contribution in [3.63, 3.8) is 0 Å². The van der Waals surface area contributed by atoms with Gasteiger partial charge in [-0.15, -0.1) is 0 Å². The van der Waals surface area contributed by atoms with Gasteiger partial charge in [0.15, 0.2) is 0 Å². The zero-order chi connectivity index (χ0) is 9.80. The van der Waals surface area contributed by atoms with Crippen molar-refractivity contribution in [2.24, 2.45) is 5.92 Å². The highest BCUT2D eigenvalue weighted by Crippen LogP contribution is 2.33. The van der Waals surface area contributed by atoms with Gasteiger partial charge in [0, 0.05) is 37.0 Å². The van der Waals surface area contributed by atoms with Gasteiger partial charge in [0.2, 0.25) is 0 Å². The van der Waals surface area contributed by atoms with Crippen molar-refractivity contribution in [1.82, 2.24) is 15.3 Å². The predicted molar refractivity (Wildman–Crippen MR) is 52.8 cm³/mol. The zero-order valence-corrected chi connectivity index (χ0v) is 8.31. The molecule has 1 N–H and O–H groups in total. The topological polar surface area (TPSA) is 47.0 Å². The van der Waals surface area contributed by atoms with Crippen molar-refractivity contribution in [1.29, 1.82) is 0 Å². The van der Waals surface area contributed by atoms with Gasteiger partial charge >= 0.3 is 0 Å². The van der Waals surface area contributed by atoms with Crippen LogP contribution in [0.15, 0.2) is 18.7 Å². The van der Waals surface area contributed by atoms with Crippen molar-refractivity contribution in [2.75, 3.05) is 20.2 Å². The van der Waals surface area contributed by atoms with Crippen molar-refractivity contribution >= 4 is 0 Å². The van der Waals surface area contributed by atoms with Crippen LogP contribution in [0.2, 0.25) is 0 Å². The lowest BCUT2D eigenvalue weighted by atomic mass is 9.97. The van der Waals surface area contributed by atoms with Gasteiger partial charge in [0.05, 0.1) is 6.10 Å². The van der Waals surface area contributed by atoms with Crippen LogP contribution in [0.4, 0.5) is 0 Å². The van der Waals surface area contributed by atoms with Gasteiger partial charge in [-0.2, -0.15) is 0 Å². The van der Waals surface area contributed by atoms with Crippen LogP contribution in [0.3, 0.4) is 0 Å². The van der Waals surface area contributed by atoms with E-state index < -0.39 is 0 Å². The third kappa shape index (κ3) is 1.91. The molecule has 1 aromatic heterocycles. The average Bonchev–Trinajstić information content (AvgIpc) is 2.68. The number of hydrogen-bond donors (Lipinski definition) is 1. The van der Waals surface area contributed by atoms with Crippen molar-refractivity contribution in [3.8, 4) is 0 Å². The van der Waals surface area contributed by atoms with E-state index in [-0.39, 0.29) is 6.10 Å². The molecule has 0 saturated carbocycles. The fourth-order valence-corrected chi connectivity index (χ4v) is 1.93. The molecule has 0 radical (unpaired) electrons. The molecular formula is C10H15N3O. The highest BCUT2D eigenvalue weighted by Gasteiger charge is 2.29. The summed E-state index contributed by atoms with van der Waals surface area (Å²) in [6.07, 6.45) is 6.51. The van der Waals surface area contributed by atoms with E-state index in [9.17, 15) is 0 Å². The number of aromatic nitrogens is 2. The minimum absolute atomic E-state index is 0.170. The summed E-state index contributed by atoms with van der Waals surface area (Å²) in [6, 6.07) is 0. The molecule has 4 heteroatoms. The molecule has 2 heterocycles. The smallest absolute Gasteiger partial charge is 0.115 e. The standard InChI is InChI=1S/C10H15N3O/c1-11-4-8-2-3-14-10(8)9-5-12-7-13-6-9/h5-8,10-11H,2-4H2,1H3. The largest absolute Gasteiger partial charge is 0.373 e. The van der Waals surface area contributed by atoms with E-state index in [0.717, 1.165) is 25.1 Å². The Morgan fingerprint density at radius 3 is 3.00 bits per heavy atom. The average molecular weight is 193 g/mol. The van der Waals surface area contributed by atoms with Crippen LogP contribution in [0.25, 0.3) is 0 Å². The summed E-state index contributed by atoms with van der Waals surface area (Å²) in [5.74, 6) is 0.547. The van der Waals surface area contributed by atoms with Crippen LogP contribution in [0.5, 0.6) is 0 Å². The molecule has 2 rings (SSSR count). The van der Waals surface area contributed by atoms with E-state index in [1.807, 2.05) is 19.4 Å². The second-order valence-corrected chi connectivity index (χ2v) is 3.57. The van der Waals surface area contributed by atoms with Gasteiger partial charge in [-0.3, -0.25) is 0 Å². The summed E-state index contributed by atoms with van der Waals surface area (Å²) in [4.78, 5) is 8.02. The molecule has 14 heavy (non-hydrogen) atoms. The van der Waals surface area contributed by atoms with Crippen LogP contribution in [-0.2, 0) is 4.74 Å². The SMILES string of the molecule is CNCC1CCOC1c1cncnc1. The van der Waals surface area contributed by atoms with Crippen LogP contribution < -0.4 is 5.32 Å². The first-order chi connectivity index (χ1) is 6.92. The predicted octanol–water partition coefficient (Wildman–Crippen LogP) is 0.774. The fourth-order valence-electron chi connectivity index (χ4n) is 1.93. The first-order valence-electron chi connectivity index (χ1n) is 4.93. The van der Waals surface area contributed by atoms with Gasteiger partial charge in [-0.05, 0) is 13.5 Å². The van der Waals surface area contributed by atoms with Crippen molar-refractivity contribution in [3.05, 3.63) is 24.3 Å². The molecule has 0 bridgehead atoms. The van der Waals surface area contributed by atoms with Gasteiger partial charge in [-0.25, -0.2) is 9.97 Å². The Hall–Kier alpha value is -1.00. The maximum absolute atomic E-state index is 5.68. The van der Waals surface area contributed by atoms with E-state index in [1.54, 1.807) is 6.33 Å². The molecule has 1 aliphatic heterocycles. The Bertz CT molecular complexity index is 278. The Labute approximate surface area is 83.7 Å². The van der Waals surface area contributed by atoms with Crippen LogP contribution in [-0.4, -0.2) is 30.2 Å². The first-order valence-corrected chi connectivity index (χ1v) is 4.93. The molecule has 2 unspecified atom stereocenters. The lowest BCUT2D eigenvalue weighted by Crippen LogP contribution is -2.21. The third-order valence-electron chi connectivity index (χ3n) is 2.59. The minimum Gasteiger partial charge on any atom is -0.373 e. The maximum atomic E-state index is 5.68. The number of ether oxygens (including phenoxy) is 1. The Kier molecular flexibility index (Phi) is 3.06. The van der Waals surface area contributed by atoms with Crippen LogP contribution >= 0.6 is 0 Å². The van der Waals surface area contributed by atoms with Crippen LogP contribution in [0, 0.1) is 5.92 Å².